The molecule has 0 radical (unpaired) electrons. The van der Waals surface area contributed by atoms with E-state index in [4.69, 9.17) is 25.2 Å². The van der Waals surface area contributed by atoms with E-state index >= 15 is 4.39 Å². The number of fused-ring (bicyclic) bond motifs is 2. The lowest BCUT2D eigenvalue weighted by Gasteiger charge is -2.35. The van der Waals surface area contributed by atoms with E-state index in [2.05, 4.69) is 12.6 Å². The standard InChI is InChI=1S/C40H44F2N6O4S/c1-8-34(49)48-21-28(44-22(2)23(48)3)19-31(43)38-36(35-30(42)17-27(41)18-33(35)52-13-12-51-7)39-29(11-14-53-39)37(45-38)25-10-9-24-16-32(40(50)46(4)5)47(6)20-26(24)15-25/h8-11,14-15,17-19,22-23,32H,1,12-13,16,20-21,43H2,2-7H3/b31-19-/t22-,23-,32-/m0/s1. The van der Waals surface area contributed by atoms with Crippen molar-refractivity contribution >= 4 is 44.6 Å². The van der Waals surface area contributed by atoms with Gasteiger partial charge in [-0.2, -0.15) is 0 Å². The molecule has 2 aliphatic rings. The van der Waals surface area contributed by atoms with Crippen LogP contribution in [-0.4, -0.2) is 103 Å². The van der Waals surface area contributed by atoms with Crippen LogP contribution in [0.1, 0.15) is 30.7 Å². The van der Waals surface area contributed by atoms with Crippen LogP contribution >= 0.6 is 11.3 Å². The lowest BCUT2D eigenvalue weighted by molar-refractivity contribution is -0.134. The number of thiophene rings is 1. The number of benzene rings is 2. The van der Waals surface area contributed by atoms with Gasteiger partial charge in [-0.15, -0.1) is 11.3 Å². The predicted molar refractivity (Wildman–Crippen MR) is 206 cm³/mol. The van der Waals surface area contributed by atoms with E-state index in [1.807, 2.05) is 49.4 Å². The second-order valence-corrected chi connectivity index (χ2v) is 14.6. The second-order valence-electron chi connectivity index (χ2n) is 13.7. The van der Waals surface area contributed by atoms with Crippen LogP contribution in [0.4, 0.5) is 8.78 Å². The van der Waals surface area contributed by atoms with Crippen molar-refractivity contribution in [1.29, 1.82) is 0 Å². The van der Waals surface area contributed by atoms with Gasteiger partial charge < -0.3 is 25.0 Å². The number of aliphatic imine (C=N–C) groups is 1. The zero-order chi connectivity index (χ0) is 38.1. The zero-order valence-electron chi connectivity index (χ0n) is 30.8. The number of pyridine rings is 1. The number of nitrogens with two attached hydrogens (primary N) is 1. The topological polar surface area (TPSA) is 114 Å². The molecule has 3 atom stereocenters. The molecule has 0 bridgehead atoms. The van der Waals surface area contributed by atoms with Crippen molar-refractivity contribution in [3.05, 3.63) is 89.0 Å². The van der Waals surface area contributed by atoms with Gasteiger partial charge in [0.2, 0.25) is 11.8 Å². The number of nitrogens with zero attached hydrogens (tertiary/aromatic N) is 5. The molecule has 0 fully saturated rings. The van der Waals surface area contributed by atoms with Crippen molar-refractivity contribution in [2.24, 2.45) is 10.7 Å². The summed E-state index contributed by atoms with van der Waals surface area (Å²) in [5, 5.41) is 2.64. The Morgan fingerprint density at radius 1 is 1.09 bits per heavy atom. The van der Waals surface area contributed by atoms with E-state index in [1.54, 1.807) is 30.0 Å². The monoisotopic (exact) mass is 742 g/mol. The molecule has 6 rings (SSSR count). The van der Waals surface area contributed by atoms with Gasteiger partial charge in [0.05, 0.1) is 59.6 Å². The van der Waals surface area contributed by atoms with Gasteiger partial charge >= 0.3 is 0 Å². The first kappa shape index (κ1) is 37.8. The largest absolute Gasteiger partial charge is 0.490 e. The second kappa shape index (κ2) is 15.6. The van der Waals surface area contributed by atoms with Crippen molar-refractivity contribution in [1.82, 2.24) is 19.7 Å². The van der Waals surface area contributed by atoms with Crippen LogP contribution in [0.3, 0.4) is 0 Å². The summed E-state index contributed by atoms with van der Waals surface area (Å²) in [5.41, 5.74) is 11.9. The molecule has 0 spiro atoms. The molecule has 278 valence electrons. The first-order valence-corrected chi connectivity index (χ1v) is 18.2. The molecule has 4 aromatic rings. The Balaban J connectivity index is 1.56. The van der Waals surface area contributed by atoms with Gasteiger partial charge in [0, 0.05) is 61.1 Å². The molecule has 2 N–H and O–H groups in total. The van der Waals surface area contributed by atoms with Crippen molar-refractivity contribution in [2.75, 3.05) is 48.0 Å². The van der Waals surface area contributed by atoms with Gasteiger partial charge in [-0.1, -0.05) is 18.7 Å². The van der Waals surface area contributed by atoms with Crippen LogP contribution in [0, 0.1) is 11.6 Å². The quantitative estimate of drug-likeness (QED) is 0.159. The summed E-state index contributed by atoms with van der Waals surface area (Å²) >= 11 is 1.38. The highest BCUT2D eigenvalue weighted by molar-refractivity contribution is 7.18. The third kappa shape index (κ3) is 7.46. The molecule has 4 heterocycles. The first-order chi connectivity index (χ1) is 25.3. The molecule has 0 saturated carbocycles. The number of amides is 2. The normalized spacial score (nSPS) is 19.2. The number of methoxy groups -OCH3 is 1. The minimum atomic E-state index is -0.838. The minimum Gasteiger partial charge on any atom is -0.490 e. The lowest BCUT2D eigenvalue weighted by Crippen LogP contribution is -2.49. The summed E-state index contributed by atoms with van der Waals surface area (Å²) in [6, 6.07) is 9.32. The predicted octanol–water partition coefficient (Wildman–Crippen LogP) is 5.92. The highest BCUT2D eigenvalue weighted by Gasteiger charge is 2.32. The third-order valence-corrected chi connectivity index (χ3v) is 10.9. The molecule has 2 aliphatic heterocycles. The Kier molecular flexibility index (Phi) is 11.1. The SMILES string of the molecule is C=CC(=O)N1CC(/C=C(\N)c2nc(-c3ccc4c(c3)CN(C)[C@H](C(=O)N(C)C)C4)c3ccsc3c2-c2c(F)cc(F)cc2OCCOC)=N[C@@H](C)[C@@H]1C. The summed E-state index contributed by atoms with van der Waals surface area (Å²) in [4.78, 5) is 41.0. The summed E-state index contributed by atoms with van der Waals surface area (Å²) in [7, 11) is 6.98. The number of halogens is 2. The maximum atomic E-state index is 16.2. The Morgan fingerprint density at radius 3 is 2.58 bits per heavy atom. The van der Waals surface area contributed by atoms with E-state index in [9.17, 15) is 14.0 Å². The Morgan fingerprint density at radius 2 is 1.87 bits per heavy atom. The Labute approximate surface area is 312 Å². The molecular formula is C40H44F2N6O4S. The van der Waals surface area contributed by atoms with Crippen LogP contribution in [0.5, 0.6) is 5.75 Å². The van der Waals surface area contributed by atoms with Crippen LogP contribution in [0.2, 0.25) is 0 Å². The molecule has 13 heteroatoms. The molecule has 0 saturated heterocycles. The number of aromatic nitrogens is 1. The van der Waals surface area contributed by atoms with E-state index < -0.39 is 11.6 Å². The van der Waals surface area contributed by atoms with Crippen molar-refractivity contribution in [3.8, 4) is 28.1 Å². The van der Waals surface area contributed by atoms with Gasteiger partial charge in [0.25, 0.3) is 0 Å². The molecule has 0 aliphatic carbocycles. The fourth-order valence-corrected chi connectivity index (χ4v) is 7.93. The number of rotatable bonds is 10. The van der Waals surface area contributed by atoms with Crippen LogP contribution in [-0.2, 0) is 27.3 Å². The first-order valence-electron chi connectivity index (χ1n) is 17.4. The number of carbonyl (C=O) groups excluding carboxylic acids is 2. The number of hydrogen-bond acceptors (Lipinski definition) is 9. The maximum absolute atomic E-state index is 16.2. The molecule has 53 heavy (non-hydrogen) atoms. The van der Waals surface area contributed by atoms with Crippen LogP contribution in [0.15, 0.2) is 65.5 Å². The molecule has 10 nitrogen and oxygen atoms in total. The van der Waals surface area contributed by atoms with Gasteiger partial charge in [0.1, 0.15) is 24.0 Å². The number of likely N-dealkylation sites (N-methyl/N-ethyl adjacent to an activating group) is 2. The van der Waals surface area contributed by atoms with E-state index in [1.165, 1.54) is 24.5 Å². The average molecular weight is 743 g/mol. The highest BCUT2D eigenvalue weighted by atomic mass is 32.1. The van der Waals surface area contributed by atoms with Crippen molar-refractivity contribution in [3.63, 3.8) is 0 Å². The molecule has 2 amide bonds. The molecular weight excluding hydrogens is 699 g/mol. The van der Waals surface area contributed by atoms with Gasteiger partial charge in [-0.25, -0.2) is 13.8 Å². The average Bonchev–Trinajstić information content (AvgIpc) is 3.61. The van der Waals surface area contributed by atoms with E-state index in [-0.39, 0.29) is 72.4 Å². The number of hydrogen-bond donors (Lipinski definition) is 1. The Bertz CT molecular complexity index is 2150. The minimum absolute atomic E-state index is 0.0139. The number of ether oxygens (including phenoxy) is 2. The van der Waals surface area contributed by atoms with Crippen LogP contribution in [0.25, 0.3) is 38.2 Å². The fourth-order valence-electron chi connectivity index (χ4n) is 6.98. The molecule has 2 aromatic heterocycles. The fraction of sp³-hybridized carbons (Fsp3) is 0.350. The van der Waals surface area contributed by atoms with Gasteiger partial charge in [-0.05, 0) is 68.1 Å². The summed E-state index contributed by atoms with van der Waals surface area (Å²) < 4.78 is 42.6. The van der Waals surface area contributed by atoms with Crippen molar-refractivity contribution < 1.29 is 27.8 Å². The van der Waals surface area contributed by atoms with Crippen LogP contribution < -0.4 is 10.5 Å². The molecule has 2 aromatic carbocycles. The van der Waals surface area contributed by atoms with E-state index in [0.29, 0.717) is 34.6 Å². The van der Waals surface area contributed by atoms with Gasteiger partial charge in [-0.3, -0.25) is 19.5 Å². The Hall–Kier alpha value is -4.98. The highest BCUT2D eigenvalue weighted by Crippen LogP contribution is 2.46. The summed E-state index contributed by atoms with van der Waals surface area (Å²) in [5.74, 6) is -1.83. The van der Waals surface area contributed by atoms with E-state index in [0.717, 1.165) is 34.2 Å². The summed E-state index contributed by atoms with van der Waals surface area (Å²) in [6.45, 7) is 8.50. The van der Waals surface area contributed by atoms with Crippen molar-refractivity contribution in [2.45, 2.75) is 44.9 Å². The lowest BCUT2D eigenvalue weighted by atomic mass is 9.90. The third-order valence-electron chi connectivity index (χ3n) is 9.94. The molecule has 0 unspecified atom stereocenters. The maximum Gasteiger partial charge on any atom is 0.246 e. The summed E-state index contributed by atoms with van der Waals surface area (Å²) in [6.07, 6.45) is 3.51. The zero-order valence-corrected chi connectivity index (χ0v) is 31.6. The smallest absolute Gasteiger partial charge is 0.246 e. The number of carbonyl (C=O) groups is 2. The van der Waals surface area contributed by atoms with Gasteiger partial charge in [0.15, 0.2) is 0 Å².